The highest BCUT2D eigenvalue weighted by atomic mass is 32.2. The van der Waals surface area contributed by atoms with Crippen molar-refractivity contribution in [1.82, 2.24) is 20.2 Å². The molecule has 7 heteroatoms. The average Bonchev–Trinajstić information content (AvgIpc) is 3.10. The zero-order valence-corrected chi connectivity index (χ0v) is 15.1. The van der Waals surface area contributed by atoms with E-state index in [1.807, 2.05) is 50.2 Å². The lowest BCUT2D eigenvalue weighted by molar-refractivity contribution is 0.465. The van der Waals surface area contributed by atoms with Crippen molar-refractivity contribution in [3.05, 3.63) is 69.8 Å². The molecule has 0 radical (unpaired) electrons. The Morgan fingerprint density at radius 3 is 2.69 bits per heavy atom. The molecule has 0 atom stereocenters. The molecule has 2 heterocycles. The Hall–Kier alpha value is -2.93. The summed E-state index contributed by atoms with van der Waals surface area (Å²) < 4.78 is 5.69. The number of rotatable bonds is 4. The summed E-state index contributed by atoms with van der Waals surface area (Å²) in [5, 5.41) is 9.17. The van der Waals surface area contributed by atoms with Gasteiger partial charge in [-0.3, -0.25) is 4.79 Å². The minimum Gasteiger partial charge on any atom is -0.411 e. The van der Waals surface area contributed by atoms with Gasteiger partial charge in [0.2, 0.25) is 5.89 Å². The van der Waals surface area contributed by atoms with Crippen molar-refractivity contribution in [3.63, 3.8) is 0 Å². The molecule has 0 aliphatic rings. The molecule has 0 saturated carbocycles. The molecule has 0 aliphatic heterocycles. The normalized spacial score (nSPS) is 11.2. The van der Waals surface area contributed by atoms with Gasteiger partial charge in [-0.1, -0.05) is 41.6 Å². The Bertz CT molecular complexity index is 1130. The number of nitrogens with zero attached hydrogens (tertiary/aromatic N) is 3. The van der Waals surface area contributed by atoms with Crippen LogP contribution in [0.1, 0.15) is 17.0 Å². The summed E-state index contributed by atoms with van der Waals surface area (Å²) in [5.41, 5.74) is 3.60. The fourth-order valence-electron chi connectivity index (χ4n) is 2.63. The van der Waals surface area contributed by atoms with Gasteiger partial charge in [-0.25, -0.2) is 4.98 Å². The van der Waals surface area contributed by atoms with Crippen LogP contribution in [-0.4, -0.2) is 20.2 Å². The van der Waals surface area contributed by atoms with Crippen LogP contribution in [0.2, 0.25) is 0 Å². The van der Waals surface area contributed by atoms with Crippen molar-refractivity contribution >= 4 is 22.7 Å². The standard InChI is InChI=1S/C19H16N4O2S/c1-11-6-8-13(9-7-11)18-22-23-19(25-18)26-10-15-20-16-12(2)4-3-5-14(16)17(24)21-15/h3-9H,10H2,1-2H3,(H,20,21,24). The lowest BCUT2D eigenvalue weighted by atomic mass is 10.1. The van der Waals surface area contributed by atoms with E-state index in [4.69, 9.17) is 4.42 Å². The summed E-state index contributed by atoms with van der Waals surface area (Å²) in [6.45, 7) is 3.97. The van der Waals surface area contributed by atoms with Crippen LogP contribution >= 0.6 is 11.8 Å². The topological polar surface area (TPSA) is 84.7 Å². The predicted octanol–water partition coefficient (Wildman–Crippen LogP) is 3.88. The van der Waals surface area contributed by atoms with Gasteiger partial charge in [-0.2, -0.15) is 0 Å². The van der Waals surface area contributed by atoms with Gasteiger partial charge in [0, 0.05) is 5.56 Å². The van der Waals surface area contributed by atoms with Crippen LogP contribution in [0.5, 0.6) is 0 Å². The summed E-state index contributed by atoms with van der Waals surface area (Å²) >= 11 is 1.34. The van der Waals surface area contributed by atoms with Gasteiger partial charge in [0.15, 0.2) is 0 Å². The van der Waals surface area contributed by atoms with E-state index in [-0.39, 0.29) is 5.56 Å². The van der Waals surface area contributed by atoms with Gasteiger partial charge in [0.25, 0.3) is 10.8 Å². The SMILES string of the molecule is Cc1ccc(-c2nnc(SCc3nc4c(C)cccc4c(=O)[nH]3)o2)cc1. The first-order valence-electron chi connectivity index (χ1n) is 8.12. The Balaban J connectivity index is 1.54. The van der Waals surface area contributed by atoms with Crippen LogP contribution in [0.25, 0.3) is 22.4 Å². The molecule has 0 unspecified atom stereocenters. The Morgan fingerprint density at radius 1 is 1.08 bits per heavy atom. The van der Waals surface area contributed by atoms with Crippen LogP contribution in [0.15, 0.2) is 56.9 Å². The second-order valence-corrected chi connectivity index (χ2v) is 6.94. The maximum atomic E-state index is 12.2. The predicted molar refractivity (Wildman–Crippen MR) is 101 cm³/mol. The number of nitrogens with one attached hydrogen (secondary N) is 1. The maximum Gasteiger partial charge on any atom is 0.277 e. The largest absolute Gasteiger partial charge is 0.411 e. The molecule has 0 spiro atoms. The van der Waals surface area contributed by atoms with Crippen molar-refractivity contribution in [1.29, 1.82) is 0 Å². The summed E-state index contributed by atoms with van der Waals surface area (Å²) in [6.07, 6.45) is 0. The van der Waals surface area contributed by atoms with Crippen molar-refractivity contribution in [2.45, 2.75) is 24.8 Å². The number of benzene rings is 2. The van der Waals surface area contributed by atoms with Crippen LogP contribution in [0, 0.1) is 13.8 Å². The lowest BCUT2D eigenvalue weighted by Gasteiger charge is -2.03. The van der Waals surface area contributed by atoms with Gasteiger partial charge in [0.1, 0.15) is 5.82 Å². The van der Waals surface area contributed by atoms with Crippen LogP contribution in [0.3, 0.4) is 0 Å². The monoisotopic (exact) mass is 364 g/mol. The van der Waals surface area contributed by atoms with Crippen molar-refractivity contribution in [3.8, 4) is 11.5 Å². The molecule has 0 aliphatic carbocycles. The van der Waals surface area contributed by atoms with Gasteiger partial charge in [0.05, 0.1) is 16.7 Å². The Morgan fingerprint density at radius 2 is 1.88 bits per heavy atom. The first-order chi connectivity index (χ1) is 12.6. The molecular weight excluding hydrogens is 348 g/mol. The summed E-state index contributed by atoms with van der Waals surface area (Å²) in [4.78, 5) is 19.6. The Kier molecular flexibility index (Phi) is 4.30. The summed E-state index contributed by atoms with van der Waals surface area (Å²) in [7, 11) is 0. The van der Waals surface area contributed by atoms with E-state index in [0.717, 1.165) is 16.6 Å². The maximum absolute atomic E-state index is 12.2. The summed E-state index contributed by atoms with van der Waals surface area (Å²) in [5.74, 6) is 1.50. The molecule has 2 aromatic heterocycles. The molecule has 130 valence electrons. The van der Waals surface area contributed by atoms with E-state index in [0.29, 0.717) is 28.1 Å². The van der Waals surface area contributed by atoms with Crippen LogP contribution in [0.4, 0.5) is 0 Å². The van der Waals surface area contributed by atoms with Gasteiger partial charge < -0.3 is 9.40 Å². The highest BCUT2D eigenvalue weighted by Crippen LogP contribution is 2.25. The Labute approximate surface area is 153 Å². The molecule has 0 saturated heterocycles. The van der Waals surface area contributed by atoms with Gasteiger partial charge in [-0.15, -0.1) is 10.2 Å². The number of aromatic amines is 1. The molecular formula is C19H16N4O2S. The molecule has 26 heavy (non-hydrogen) atoms. The molecule has 0 amide bonds. The number of aromatic nitrogens is 4. The van der Waals surface area contributed by atoms with E-state index in [9.17, 15) is 4.79 Å². The minimum absolute atomic E-state index is 0.139. The molecule has 0 bridgehead atoms. The highest BCUT2D eigenvalue weighted by Gasteiger charge is 2.11. The summed E-state index contributed by atoms with van der Waals surface area (Å²) in [6, 6.07) is 13.5. The van der Waals surface area contributed by atoms with E-state index < -0.39 is 0 Å². The zero-order chi connectivity index (χ0) is 18.1. The number of thioether (sulfide) groups is 1. The van der Waals surface area contributed by atoms with E-state index in [1.54, 1.807) is 6.07 Å². The fourth-order valence-corrected chi connectivity index (χ4v) is 3.26. The molecule has 0 fully saturated rings. The second-order valence-electron chi connectivity index (χ2n) is 6.01. The molecule has 1 N–H and O–H groups in total. The average molecular weight is 364 g/mol. The third-order valence-electron chi connectivity index (χ3n) is 4.02. The lowest BCUT2D eigenvalue weighted by Crippen LogP contribution is -2.11. The number of H-pyrrole nitrogens is 1. The highest BCUT2D eigenvalue weighted by molar-refractivity contribution is 7.98. The first-order valence-corrected chi connectivity index (χ1v) is 9.10. The molecule has 2 aromatic carbocycles. The number of fused-ring (bicyclic) bond motifs is 1. The fraction of sp³-hybridized carbons (Fsp3) is 0.158. The van der Waals surface area contributed by atoms with Gasteiger partial charge in [-0.05, 0) is 37.6 Å². The smallest absolute Gasteiger partial charge is 0.277 e. The van der Waals surface area contributed by atoms with Crippen molar-refractivity contribution in [2.75, 3.05) is 0 Å². The molecule has 4 aromatic rings. The van der Waals surface area contributed by atoms with Gasteiger partial charge >= 0.3 is 0 Å². The van der Waals surface area contributed by atoms with Crippen molar-refractivity contribution in [2.24, 2.45) is 0 Å². The quantitative estimate of drug-likeness (QED) is 0.553. The zero-order valence-electron chi connectivity index (χ0n) is 14.3. The first kappa shape index (κ1) is 16.5. The van der Waals surface area contributed by atoms with E-state index in [1.165, 1.54) is 17.3 Å². The van der Waals surface area contributed by atoms with E-state index >= 15 is 0 Å². The van der Waals surface area contributed by atoms with E-state index in [2.05, 4.69) is 20.2 Å². The van der Waals surface area contributed by atoms with Crippen LogP contribution in [-0.2, 0) is 5.75 Å². The van der Waals surface area contributed by atoms with Crippen molar-refractivity contribution < 1.29 is 4.42 Å². The van der Waals surface area contributed by atoms with Crippen LogP contribution < -0.4 is 5.56 Å². The molecule has 6 nitrogen and oxygen atoms in total. The number of hydrogen-bond acceptors (Lipinski definition) is 6. The third kappa shape index (κ3) is 3.25. The number of hydrogen-bond donors (Lipinski definition) is 1. The molecule has 4 rings (SSSR count). The minimum atomic E-state index is -0.139. The number of para-hydroxylation sites is 1. The third-order valence-corrected chi connectivity index (χ3v) is 4.85. The number of aryl methyl sites for hydroxylation is 2. The second kappa shape index (κ2) is 6.76.